The van der Waals surface area contributed by atoms with Crippen LogP contribution < -0.4 is 10.1 Å². The molecule has 1 atom stereocenters. The number of thioether (sulfide) groups is 1. The molecule has 1 heterocycles. The van der Waals surface area contributed by atoms with Gasteiger partial charge in [0.2, 0.25) is 5.91 Å². The lowest BCUT2D eigenvalue weighted by molar-refractivity contribution is -0.120. The predicted molar refractivity (Wildman–Crippen MR) is 91.6 cm³/mol. The van der Waals surface area contributed by atoms with E-state index in [9.17, 15) is 4.79 Å². The first-order valence-corrected chi connectivity index (χ1v) is 8.43. The lowest BCUT2D eigenvalue weighted by atomic mass is 10.2. The van der Waals surface area contributed by atoms with Gasteiger partial charge in [-0.1, -0.05) is 30.8 Å². The van der Waals surface area contributed by atoms with Crippen molar-refractivity contribution in [2.75, 3.05) is 13.7 Å². The van der Waals surface area contributed by atoms with Crippen LogP contribution in [0.15, 0.2) is 29.4 Å². The molecule has 0 fully saturated rings. The summed E-state index contributed by atoms with van der Waals surface area (Å²) >= 11 is 1.39. The standard InChI is InChI=1S/C16H22N4O2S/c1-5-10-17-15(21)11(2)23-16-19-18-14(20(16)3)12-8-6-7-9-13(12)22-4/h6-9,11H,5,10H2,1-4H3,(H,17,21). The van der Waals surface area contributed by atoms with E-state index in [4.69, 9.17) is 4.74 Å². The maximum absolute atomic E-state index is 12.0. The second-order valence-corrected chi connectivity index (χ2v) is 6.42. The van der Waals surface area contributed by atoms with E-state index >= 15 is 0 Å². The number of ether oxygens (including phenoxy) is 1. The Kier molecular flexibility index (Phi) is 6.04. The molecule has 23 heavy (non-hydrogen) atoms. The van der Waals surface area contributed by atoms with Crippen LogP contribution >= 0.6 is 11.8 Å². The maximum atomic E-state index is 12.0. The smallest absolute Gasteiger partial charge is 0.233 e. The van der Waals surface area contributed by atoms with Crippen molar-refractivity contribution in [3.63, 3.8) is 0 Å². The Bertz CT molecular complexity index is 672. The normalized spacial score (nSPS) is 12.0. The van der Waals surface area contributed by atoms with Gasteiger partial charge in [0, 0.05) is 13.6 Å². The molecule has 124 valence electrons. The summed E-state index contributed by atoms with van der Waals surface area (Å²) in [6.45, 7) is 4.59. The Morgan fingerprint density at radius 1 is 1.39 bits per heavy atom. The van der Waals surface area contributed by atoms with E-state index in [1.807, 2.05) is 49.7 Å². The quantitative estimate of drug-likeness (QED) is 0.788. The van der Waals surface area contributed by atoms with Crippen molar-refractivity contribution in [3.05, 3.63) is 24.3 Å². The summed E-state index contributed by atoms with van der Waals surface area (Å²) in [6.07, 6.45) is 0.922. The second kappa shape index (κ2) is 8.01. The molecule has 0 saturated carbocycles. The molecule has 2 aromatic rings. The van der Waals surface area contributed by atoms with Gasteiger partial charge in [-0.3, -0.25) is 4.79 Å². The third-order valence-corrected chi connectivity index (χ3v) is 4.52. The highest BCUT2D eigenvalue weighted by Crippen LogP contribution is 2.30. The monoisotopic (exact) mass is 334 g/mol. The number of aromatic nitrogens is 3. The van der Waals surface area contributed by atoms with Gasteiger partial charge in [-0.25, -0.2) is 0 Å². The Hall–Kier alpha value is -2.02. The summed E-state index contributed by atoms with van der Waals surface area (Å²) in [5, 5.41) is 11.8. The van der Waals surface area contributed by atoms with E-state index in [1.165, 1.54) is 11.8 Å². The van der Waals surface area contributed by atoms with Crippen LogP contribution in [-0.2, 0) is 11.8 Å². The van der Waals surface area contributed by atoms with Crippen LogP contribution in [0.3, 0.4) is 0 Å². The van der Waals surface area contributed by atoms with Crippen LogP contribution in [0, 0.1) is 0 Å². The number of amides is 1. The maximum Gasteiger partial charge on any atom is 0.233 e. The van der Waals surface area contributed by atoms with Crippen LogP contribution in [0.25, 0.3) is 11.4 Å². The minimum absolute atomic E-state index is 0.0127. The Morgan fingerprint density at radius 3 is 2.83 bits per heavy atom. The number of nitrogens with one attached hydrogen (secondary N) is 1. The average molecular weight is 334 g/mol. The number of methoxy groups -OCH3 is 1. The SMILES string of the molecule is CCCNC(=O)C(C)Sc1nnc(-c2ccccc2OC)n1C. The van der Waals surface area contributed by atoms with Gasteiger partial charge < -0.3 is 14.6 Å². The molecule has 0 aliphatic carbocycles. The zero-order valence-electron chi connectivity index (χ0n) is 13.9. The molecule has 2 rings (SSSR count). The first kappa shape index (κ1) is 17.3. The molecule has 1 N–H and O–H groups in total. The van der Waals surface area contributed by atoms with Crippen molar-refractivity contribution in [2.45, 2.75) is 30.7 Å². The van der Waals surface area contributed by atoms with Gasteiger partial charge in [0.1, 0.15) is 5.75 Å². The fourth-order valence-electron chi connectivity index (χ4n) is 2.08. The summed E-state index contributed by atoms with van der Waals surface area (Å²) in [5.74, 6) is 1.47. The van der Waals surface area contributed by atoms with Gasteiger partial charge in [-0.05, 0) is 25.5 Å². The van der Waals surface area contributed by atoms with Gasteiger partial charge in [-0.2, -0.15) is 0 Å². The summed E-state index contributed by atoms with van der Waals surface area (Å²) < 4.78 is 7.26. The molecule has 0 spiro atoms. The number of benzene rings is 1. The topological polar surface area (TPSA) is 69.0 Å². The second-order valence-electron chi connectivity index (χ2n) is 5.12. The molecular weight excluding hydrogens is 312 g/mol. The van der Waals surface area contributed by atoms with Crippen molar-refractivity contribution in [2.24, 2.45) is 7.05 Å². The van der Waals surface area contributed by atoms with E-state index in [0.29, 0.717) is 17.5 Å². The summed E-state index contributed by atoms with van der Waals surface area (Å²) in [5.41, 5.74) is 0.875. The largest absolute Gasteiger partial charge is 0.496 e. The van der Waals surface area contributed by atoms with E-state index in [-0.39, 0.29) is 11.2 Å². The van der Waals surface area contributed by atoms with E-state index < -0.39 is 0 Å². The van der Waals surface area contributed by atoms with Crippen molar-refractivity contribution in [1.29, 1.82) is 0 Å². The molecule has 0 bridgehead atoms. The number of para-hydroxylation sites is 1. The third kappa shape index (κ3) is 4.04. The van der Waals surface area contributed by atoms with Crippen molar-refractivity contribution < 1.29 is 9.53 Å². The van der Waals surface area contributed by atoms with Crippen molar-refractivity contribution in [3.8, 4) is 17.1 Å². The van der Waals surface area contributed by atoms with Crippen LogP contribution in [0.5, 0.6) is 5.75 Å². The summed E-state index contributed by atoms with van der Waals surface area (Å²) in [4.78, 5) is 12.0. The number of nitrogens with zero attached hydrogens (tertiary/aromatic N) is 3. The molecule has 1 aromatic carbocycles. The molecule has 1 amide bonds. The Morgan fingerprint density at radius 2 is 2.13 bits per heavy atom. The number of carbonyl (C=O) groups is 1. The minimum atomic E-state index is -0.227. The van der Waals surface area contributed by atoms with Crippen LogP contribution in [0.4, 0.5) is 0 Å². The van der Waals surface area contributed by atoms with Gasteiger partial charge in [0.15, 0.2) is 11.0 Å². The molecule has 0 radical (unpaired) electrons. The van der Waals surface area contributed by atoms with Crippen molar-refractivity contribution >= 4 is 17.7 Å². The molecule has 1 unspecified atom stereocenters. The highest BCUT2D eigenvalue weighted by atomic mass is 32.2. The van der Waals surface area contributed by atoms with Gasteiger partial charge in [-0.15, -0.1) is 10.2 Å². The fraction of sp³-hybridized carbons (Fsp3) is 0.438. The van der Waals surface area contributed by atoms with Gasteiger partial charge in [0.05, 0.1) is 17.9 Å². The van der Waals surface area contributed by atoms with Crippen LogP contribution in [0.1, 0.15) is 20.3 Å². The highest BCUT2D eigenvalue weighted by molar-refractivity contribution is 8.00. The zero-order valence-corrected chi connectivity index (χ0v) is 14.7. The lowest BCUT2D eigenvalue weighted by Gasteiger charge is -2.11. The molecule has 0 aliphatic heterocycles. The Labute approximate surface area is 140 Å². The summed E-state index contributed by atoms with van der Waals surface area (Å²) in [7, 11) is 3.52. The minimum Gasteiger partial charge on any atom is -0.496 e. The number of rotatable bonds is 7. The van der Waals surface area contributed by atoms with Crippen LogP contribution in [0.2, 0.25) is 0 Å². The van der Waals surface area contributed by atoms with Gasteiger partial charge in [0.25, 0.3) is 0 Å². The molecule has 0 saturated heterocycles. The number of hydrogen-bond donors (Lipinski definition) is 1. The summed E-state index contributed by atoms with van der Waals surface area (Å²) in [6, 6.07) is 7.67. The zero-order chi connectivity index (χ0) is 16.8. The lowest BCUT2D eigenvalue weighted by Crippen LogP contribution is -2.31. The van der Waals surface area contributed by atoms with E-state index in [0.717, 1.165) is 17.7 Å². The third-order valence-electron chi connectivity index (χ3n) is 3.38. The van der Waals surface area contributed by atoms with Crippen LogP contribution in [-0.4, -0.2) is 39.6 Å². The first-order chi connectivity index (χ1) is 11.1. The van der Waals surface area contributed by atoms with Gasteiger partial charge >= 0.3 is 0 Å². The molecule has 0 aliphatic rings. The molecule has 6 nitrogen and oxygen atoms in total. The van der Waals surface area contributed by atoms with E-state index in [2.05, 4.69) is 15.5 Å². The Balaban J connectivity index is 2.18. The first-order valence-electron chi connectivity index (χ1n) is 7.55. The molecule has 7 heteroatoms. The average Bonchev–Trinajstić information content (AvgIpc) is 2.93. The molecular formula is C16H22N4O2S. The highest BCUT2D eigenvalue weighted by Gasteiger charge is 2.20. The predicted octanol–water partition coefficient (Wildman–Crippen LogP) is 2.50. The fourth-order valence-corrected chi connectivity index (χ4v) is 2.92. The van der Waals surface area contributed by atoms with Crippen molar-refractivity contribution in [1.82, 2.24) is 20.1 Å². The molecule has 1 aromatic heterocycles. The number of carbonyl (C=O) groups excluding carboxylic acids is 1. The number of hydrogen-bond acceptors (Lipinski definition) is 5. The van der Waals surface area contributed by atoms with E-state index in [1.54, 1.807) is 7.11 Å².